The number of rotatable bonds is 8. The predicted molar refractivity (Wildman–Crippen MR) is 101 cm³/mol. The summed E-state index contributed by atoms with van der Waals surface area (Å²) in [6, 6.07) is -0.0422. The van der Waals surface area contributed by atoms with Gasteiger partial charge in [-0.25, -0.2) is 0 Å². The summed E-state index contributed by atoms with van der Waals surface area (Å²) in [6.45, 7) is 4.29. The second-order valence-corrected chi connectivity index (χ2v) is 6.49. The predicted octanol–water partition coefficient (Wildman–Crippen LogP) is 2.59. The number of aliphatic hydroxyl groups is 1. The summed E-state index contributed by atoms with van der Waals surface area (Å²) < 4.78 is 0. The first-order chi connectivity index (χ1) is 12.5. The summed E-state index contributed by atoms with van der Waals surface area (Å²) in [7, 11) is 0. The first-order valence-corrected chi connectivity index (χ1v) is 9.24. The SMILES string of the molecule is CCC#CC[C@H](C)[C@H](O)C=C[C@H]1CCC(=O)N1CC#CCCCC(=O)O. The number of carbonyl (C=O) groups is 2. The largest absolute Gasteiger partial charge is 0.481 e. The van der Waals surface area contributed by atoms with Crippen molar-refractivity contribution in [2.45, 2.75) is 70.9 Å². The summed E-state index contributed by atoms with van der Waals surface area (Å²) in [4.78, 5) is 24.2. The van der Waals surface area contributed by atoms with Crippen LogP contribution in [0, 0.1) is 29.6 Å². The van der Waals surface area contributed by atoms with Crippen molar-refractivity contribution in [2.75, 3.05) is 6.54 Å². The standard InChI is InChI=1S/C21H29NO4/c1-3-4-7-10-17(2)19(23)14-12-18-13-15-20(24)22(18)16-9-6-5-8-11-21(25)26/h12,14,17-19,23H,3,5,8,10-11,13,15-16H2,1-2H3,(H,25,26)/t17-,18-,19+/m0/s1. The Balaban J connectivity index is 2.50. The summed E-state index contributed by atoms with van der Waals surface area (Å²) in [5.74, 6) is 11.2. The van der Waals surface area contributed by atoms with Gasteiger partial charge in [0.2, 0.25) is 5.91 Å². The van der Waals surface area contributed by atoms with Crippen LogP contribution >= 0.6 is 0 Å². The van der Waals surface area contributed by atoms with E-state index in [1.807, 2.05) is 19.9 Å². The van der Waals surface area contributed by atoms with E-state index in [1.165, 1.54) is 0 Å². The molecule has 26 heavy (non-hydrogen) atoms. The number of aliphatic carboxylic acids is 1. The molecule has 0 bridgehead atoms. The molecule has 0 saturated carbocycles. The van der Waals surface area contributed by atoms with E-state index >= 15 is 0 Å². The Morgan fingerprint density at radius 1 is 1.35 bits per heavy atom. The van der Waals surface area contributed by atoms with Gasteiger partial charge >= 0.3 is 5.97 Å². The van der Waals surface area contributed by atoms with Crippen LogP contribution in [0.1, 0.15) is 58.8 Å². The highest BCUT2D eigenvalue weighted by molar-refractivity contribution is 5.79. The molecule has 142 valence electrons. The molecule has 0 aromatic carbocycles. The molecule has 0 radical (unpaired) electrons. The molecule has 1 amide bonds. The lowest BCUT2D eigenvalue weighted by atomic mass is 10.00. The lowest BCUT2D eigenvalue weighted by Crippen LogP contribution is -2.32. The topological polar surface area (TPSA) is 77.8 Å². The van der Waals surface area contributed by atoms with E-state index < -0.39 is 12.1 Å². The monoisotopic (exact) mass is 359 g/mol. The van der Waals surface area contributed by atoms with Gasteiger partial charge in [0.25, 0.3) is 0 Å². The van der Waals surface area contributed by atoms with Gasteiger partial charge in [-0.3, -0.25) is 9.59 Å². The number of carbonyl (C=O) groups excluding carboxylic acids is 1. The molecule has 1 aliphatic rings. The van der Waals surface area contributed by atoms with E-state index in [4.69, 9.17) is 5.11 Å². The molecule has 1 fully saturated rings. The van der Waals surface area contributed by atoms with Crippen molar-refractivity contribution in [3.8, 4) is 23.7 Å². The quantitative estimate of drug-likeness (QED) is 0.397. The van der Waals surface area contributed by atoms with Crippen molar-refractivity contribution >= 4 is 11.9 Å². The first kappa shape index (κ1) is 21.8. The van der Waals surface area contributed by atoms with E-state index in [0.717, 1.165) is 12.8 Å². The maximum atomic E-state index is 12.0. The van der Waals surface area contributed by atoms with Crippen LogP contribution in [0.2, 0.25) is 0 Å². The van der Waals surface area contributed by atoms with Crippen molar-refractivity contribution in [3.05, 3.63) is 12.2 Å². The fourth-order valence-electron chi connectivity index (χ4n) is 2.63. The molecule has 1 heterocycles. The molecule has 1 saturated heterocycles. The van der Waals surface area contributed by atoms with Gasteiger partial charge in [-0.1, -0.05) is 31.9 Å². The zero-order chi connectivity index (χ0) is 19.4. The second-order valence-electron chi connectivity index (χ2n) is 6.49. The third-order valence-electron chi connectivity index (χ3n) is 4.28. The minimum absolute atomic E-state index is 0.0422. The average molecular weight is 359 g/mol. The third-order valence-corrected chi connectivity index (χ3v) is 4.28. The van der Waals surface area contributed by atoms with Gasteiger partial charge in [0, 0.05) is 32.1 Å². The Kier molecular flexibility index (Phi) is 10.2. The molecule has 1 rings (SSSR count). The van der Waals surface area contributed by atoms with Crippen LogP contribution in [0.4, 0.5) is 0 Å². The number of carboxylic acid groups (broad SMARTS) is 1. The van der Waals surface area contributed by atoms with Crippen LogP contribution in [0.25, 0.3) is 0 Å². The van der Waals surface area contributed by atoms with E-state index in [1.54, 1.807) is 11.0 Å². The van der Waals surface area contributed by atoms with Crippen LogP contribution in [0.3, 0.4) is 0 Å². The highest BCUT2D eigenvalue weighted by Crippen LogP contribution is 2.20. The lowest BCUT2D eigenvalue weighted by molar-refractivity contribution is -0.137. The van der Waals surface area contributed by atoms with E-state index in [9.17, 15) is 14.7 Å². The molecule has 1 aliphatic heterocycles. The number of unbranched alkanes of at least 4 members (excludes halogenated alkanes) is 1. The van der Waals surface area contributed by atoms with Crippen molar-refractivity contribution in [1.82, 2.24) is 4.90 Å². The number of amides is 1. The maximum absolute atomic E-state index is 12.0. The number of hydrogen-bond acceptors (Lipinski definition) is 3. The van der Waals surface area contributed by atoms with E-state index in [0.29, 0.717) is 32.2 Å². The van der Waals surface area contributed by atoms with Gasteiger partial charge in [0.15, 0.2) is 0 Å². The van der Waals surface area contributed by atoms with E-state index in [-0.39, 0.29) is 24.3 Å². The van der Waals surface area contributed by atoms with Crippen molar-refractivity contribution < 1.29 is 19.8 Å². The summed E-state index contributed by atoms with van der Waals surface area (Å²) in [5, 5.41) is 18.8. The van der Waals surface area contributed by atoms with Crippen LogP contribution in [0.15, 0.2) is 12.2 Å². The maximum Gasteiger partial charge on any atom is 0.303 e. The Morgan fingerprint density at radius 3 is 2.81 bits per heavy atom. The van der Waals surface area contributed by atoms with Crippen LogP contribution in [-0.4, -0.2) is 45.7 Å². The number of carboxylic acids is 1. The van der Waals surface area contributed by atoms with Crippen LogP contribution in [0.5, 0.6) is 0 Å². The zero-order valence-corrected chi connectivity index (χ0v) is 15.7. The summed E-state index contributed by atoms with van der Waals surface area (Å²) in [5.41, 5.74) is 0. The third kappa shape index (κ3) is 8.23. The van der Waals surface area contributed by atoms with Crippen molar-refractivity contribution in [1.29, 1.82) is 0 Å². The average Bonchev–Trinajstić information content (AvgIpc) is 2.95. The molecule has 0 aromatic heterocycles. The first-order valence-electron chi connectivity index (χ1n) is 9.24. The fraction of sp³-hybridized carbons (Fsp3) is 0.619. The minimum Gasteiger partial charge on any atom is -0.481 e. The number of aliphatic hydroxyl groups excluding tert-OH is 1. The lowest BCUT2D eigenvalue weighted by Gasteiger charge is -2.20. The molecule has 3 atom stereocenters. The van der Waals surface area contributed by atoms with E-state index in [2.05, 4.69) is 23.7 Å². The molecule has 0 unspecified atom stereocenters. The van der Waals surface area contributed by atoms with Gasteiger partial charge < -0.3 is 15.1 Å². The normalized spacial score (nSPS) is 18.8. The minimum atomic E-state index is -0.819. The van der Waals surface area contributed by atoms with Crippen molar-refractivity contribution in [3.63, 3.8) is 0 Å². The fourth-order valence-corrected chi connectivity index (χ4v) is 2.63. The summed E-state index contributed by atoms with van der Waals surface area (Å²) >= 11 is 0. The van der Waals surface area contributed by atoms with Crippen molar-refractivity contribution in [2.24, 2.45) is 5.92 Å². The number of likely N-dealkylation sites (tertiary alicyclic amines) is 1. The Morgan fingerprint density at radius 2 is 2.12 bits per heavy atom. The highest BCUT2D eigenvalue weighted by atomic mass is 16.4. The zero-order valence-electron chi connectivity index (χ0n) is 15.7. The molecule has 5 nitrogen and oxygen atoms in total. The highest BCUT2D eigenvalue weighted by Gasteiger charge is 2.28. The Labute approximate surface area is 156 Å². The molecule has 0 aliphatic carbocycles. The summed E-state index contributed by atoms with van der Waals surface area (Å²) in [6.07, 6.45) is 6.90. The Hall–Kier alpha value is -2.24. The Bertz CT molecular complexity index is 617. The van der Waals surface area contributed by atoms with Crippen LogP contribution < -0.4 is 0 Å². The molecular weight excluding hydrogens is 330 g/mol. The second kappa shape index (κ2) is 12.2. The molecular formula is C21H29NO4. The van der Waals surface area contributed by atoms with Gasteiger partial charge in [-0.15, -0.1) is 17.8 Å². The van der Waals surface area contributed by atoms with Crippen LogP contribution in [-0.2, 0) is 9.59 Å². The molecule has 5 heteroatoms. The van der Waals surface area contributed by atoms with Gasteiger partial charge in [0.1, 0.15) is 0 Å². The smallest absolute Gasteiger partial charge is 0.303 e. The number of hydrogen-bond donors (Lipinski definition) is 2. The van der Waals surface area contributed by atoms with Gasteiger partial charge in [-0.05, 0) is 18.8 Å². The number of nitrogens with zero attached hydrogens (tertiary/aromatic N) is 1. The molecule has 0 spiro atoms. The van der Waals surface area contributed by atoms with Gasteiger partial charge in [-0.2, -0.15) is 0 Å². The van der Waals surface area contributed by atoms with Gasteiger partial charge in [0.05, 0.1) is 18.7 Å². The molecule has 2 N–H and O–H groups in total. The molecule has 0 aromatic rings.